The van der Waals surface area contributed by atoms with E-state index < -0.39 is 11.9 Å². The van der Waals surface area contributed by atoms with E-state index >= 15 is 0 Å². The van der Waals surface area contributed by atoms with Crippen molar-refractivity contribution in [3.05, 3.63) is 83.9 Å². The molecule has 0 spiro atoms. The second-order valence-corrected chi connectivity index (χ2v) is 11.4. The third-order valence-corrected chi connectivity index (χ3v) is 7.62. The molecule has 0 unspecified atom stereocenters. The van der Waals surface area contributed by atoms with Crippen LogP contribution in [0, 0.1) is 0 Å². The summed E-state index contributed by atoms with van der Waals surface area (Å²) in [5.74, 6) is 0.322. The topological polar surface area (TPSA) is 186 Å². The van der Waals surface area contributed by atoms with Gasteiger partial charge in [0.25, 0.3) is 5.91 Å². The zero-order valence-electron chi connectivity index (χ0n) is 26.5. The second kappa shape index (κ2) is 14.2. The van der Waals surface area contributed by atoms with E-state index in [0.717, 1.165) is 6.54 Å². The molecule has 6 rings (SSSR count). The lowest BCUT2D eigenvalue weighted by Crippen LogP contribution is -2.37. The Morgan fingerprint density at radius 2 is 1.58 bits per heavy atom. The number of benzene rings is 3. The summed E-state index contributed by atoms with van der Waals surface area (Å²) in [5, 5.41) is 17.2. The fourth-order valence-corrected chi connectivity index (χ4v) is 5.09. The van der Waals surface area contributed by atoms with Crippen molar-refractivity contribution in [1.82, 2.24) is 35.2 Å². The molecule has 4 amide bonds. The minimum atomic E-state index is -0.554. The van der Waals surface area contributed by atoms with Gasteiger partial charge in [0.15, 0.2) is 22.8 Å². The van der Waals surface area contributed by atoms with E-state index in [1.54, 1.807) is 65.3 Å². The fraction of sp³-hybridized carbons (Fsp3) is 0.242. The number of aromatic nitrogens is 5. The minimum absolute atomic E-state index is 0.175. The van der Waals surface area contributed by atoms with Crippen LogP contribution in [0.2, 0.25) is 0 Å². The Morgan fingerprint density at radius 3 is 2.25 bits per heavy atom. The average molecular weight is 650 g/mol. The van der Waals surface area contributed by atoms with Crippen molar-refractivity contribution in [2.45, 2.75) is 0 Å². The molecule has 3 aromatic carbocycles. The van der Waals surface area contributed by atoms with Crippen LogP contribution in [0.4, 0.5) is 22.0 Å². The summed E-state index contributed by atoms with van der Waals surface area (Å²) in [6.07, 6.45) is 0. The SMILES string of the molecule is CN(C)CCNC(=O)c1ccc(NC(=O)Nc2ccc(-c3nc(N4CCOCC4)c4nnn(-c5cccc(C(N)=O)c5)c4n3)cc2)cc1. The van der Waals surface area contributed by atoms with E-state index in [4.69, 9.17) is 20.4 Å². The number of likely N-dealkylation sites (N-methyl/N-ethyl adjacent to an activating group) is 1. The lowest BCUT2D eigenvalue weighted by molar-refractivity contribution is 0.0949. The molecule has 1 fully saturated rings. The molecule has 15 nitrogen and oxygen atoms in total. The van der Waals surface area contributed by atoms with Gasteiger partial charge in [-0.3, -0.25) is 9.59 Å². The average Bonchev–Trinajstić information content (AvgIpc) is 3.53. The molecular formula is C33H35N11O4. The van der Waals surface area contributed by atoms with Crippen molar-refractivity contribution in [1.29, 1.82) is 0 Å². The van der Waals surface area contributed by atoms with Crippen LogP contribution in [0.5, 0.6) is 0 Å². The number of primary amides is 1. The smallest absolute Gasteiger partial charge is 0.323 e. The molecule has 2 aromatic heterocycles. The van der Waals surface area contributed by atoms with Gasteiger partial charge in [-0.25, -0.2) is 14.8 Å². The number of amides is 4. The first-order chi connectivity index (χ1) is 23.2. The maximum absolute atomic E-state index is 12.7. The van der Waals surface area contributed by atoms with Gasteiger partial charge in [-0.05, 0) is 80.8 Å². The van der Waals surface area contributed by atoms with Crippen LogP contribution in [0.25, 0.3) is 28.2 Å². The molecule has 0 bridgehead atoms. The number of fused-ring (bicyclic) bond motifs is 1. The molecule has 48 heavy (non-hydrogen) atoms. The summed E-state index contributed by atoms with van der Waals surface area (Å²) >= 11 is 0. The number of rotatable bonds is 10. The van der Waals surface area contributed by atoms with Gasteiger partial charge >= 0.3 is 6.03 Å². The lowest BCUT2D eigenvalue weighted by atomic mass is 10.2. The maximum Gasteiger partial charge on any atom is 0.323 e. The number of morpholine rings is 1. The lowest BCUT2D eigenvalue weighted by Gasteiger charge is -2.28. The van der Waals surface area contributed by atoms with Crippen molar-refractivity contribution >= 4 is 46.2 Å². The van der Waals surface area contributed by atoms with E-state index in [1.165, 1.54) is 0 Å². The third kappa shape index (κ3) is 7.37. The summed E-state index contributed by atoms with van der Waals surface area (Å²) in [5.41, 5.74) is 9.70. The zero-order valence-corrected chi connectivity index (χ0v) is 26.5. The third-order valence-electron chi connectivity index (χ3n) is 7.62. The first-order valence-corrected chi connectivity index (χ1v) is 15.3. The van der Waals surface area contributed by atoms with Gasteiger partial charge in [-0.2, -0.15) is 4.68 Å². The van der Waals surface area contributed by atoms with Crippen LogP contribution in [0.1, 0.15) is 20.7 Å². The van der Waals surface area contributed by atoms with E-state index in [2.05, 4.69) is 31.2 Å². The Kier molecular flexibility index (Phi) is 9.50. The summed E-state index contributed by atoms with van der Waals surface area (Å²) in [4.78, 5) is 50.7. The van der Waals surface area contributed by atoms with Crippen molar-refractivity contribution in [3.63, 3.8) is 0 Å². The van der Waals surface area contributed by atoms with E-state index in [9.17, 15) is 14.4 Å². The van der Waals surface area contributed by atoms with Gasteiger partial charge < -0.3 is 36.2 Å². The molecule has 5 aromatic rings. The first-order valence-electron chi connectivity index (χ1n) is 15.3. The Labute approximate surface area is 276 Å². The van der Waals surface area contributed by atoms with Gasteiger partial charge in [0.1, 0.15) is 0 Å². The number of nitrogens with one attached hydrogen (secondary N) is 3. The second-order valence-electron chi connectivity index (χ2n) is 11.4. The number of anilines is 3. The number of carbonyl (C=O) groups excluding carboxylic acids is 3. The Morgan fingerprint density at radius 1 is 0.896 bits per heavy atom. The van der Waals surface area contributed by atoms with Gasteiger partial charge in [0.2, 0.25) is 5.91 Å². The number of hydrogen-bond acceptors (Lipinski definition) is 10. The molecule has 0 radical (unpaired) electrons. The quantitative estimate of drug-likeness (QED) is 0.175. The molecule has 1 aliphatic heterocycles. The maximum atomic E-state index is 12.7. The molecule has 246 valence electrons. The van der Waals surface area contributed by atoms with Crippen LogP contribution in [0.3, 0.4) is 0 Å². The van der Waals surface area contributed by atoms with Crippen LogP contribution in [0.15, 0.2) is 72.8 Å². The van der Waals surface area contributed by atoms with Crippen molar-refractivity contribution in [2.24, 2.45) is 5.73 Å². The Hall–Kier alpha value is -5.93. The number of carbonyl (C=O) groups is 3. The molecule has 1 aliphatic rings. The molecule has 0 aliphatic carbocycles. The molecule has 0 saturated carbocycles. The van der Waals surface area contributed by atoms with Crippen LogP contribution >= 0.6 is 0 Å². The van der Waals surface area contributed by atoms with E-state index in [1.807, 2.05) is 31.1 Å². The van der Waals surface area contributed by atoms with Crippen LogP contribution < -0.4 is 26.6 Å². The first kappa shape index (κ1) is 32.0. The fourth-order valence-electron chi connectivity index (χ4n) is 5.09. The Bertz CT molecular complexity index is 1940. The predicted molar refractivity (Wildman–Crippen MR) is 181 cm³/mol. The molecule has 3 heterocycles. The summed E-state index contributed by atoms with van der Waals surface area (Å²) in [6, 6.07) is 20.1. The molecule has 0 atom stereocenters. The highest BCUT2D eigenvalue weighted by Gasteiger charge is 2.23. The highest BCUT2D eigenvalue weighted by molar-refractivity contribution is 6.00. The van der Waals surface area contributed by atoms with Crippen molar-refractivity contribution < 1.29 is 19.1 Å². The van der Waals surface area contributed by atoms with E-state index in [-0.39, 0.29) is 5.91 Å². The molecule has 1 saturated heterocycles. The van der Waals surface area contributed by atoms with Crippen LogP contribution in [-0.4, -0.2) is 101 Å². The largest absolute Gasteiger partial charge is 0.378 e. The minimum Gasteiger partial charge on any atom is -0.378 e. The van der Waals surface area contributed by atoms with Gasteiger partial charge in [0.05, 0.1) is 18.9 Å². The highest BCUT2D eigenvalue weighted by Crippen LogP contribution is 2.29. The summed E-state index contributed by atoms with van der Waals surface area (Å²) < 4.78 is 7.10. The predicted octanol–water partition coefficient (Wildman–Crippen LogP) is 2.75. The number of hydrogen-bond donors (Lipinski definition) is 4. The normalized spacial score (nSPS) is 13.0. The van der Waals surface area contributed by atoms with Crippen molar-refractivity contribution in [3.8, 4) is 17.1 Å². The number of ether oxygens (including phenoxy) is 1. The summed E-state index contributed by atoms with van der Waals surface area (Å²) in [6.45, 7) is 3.63. The standard InChI is InChI=1S/C33H35N11O4/c1-42(2)15-14-35-32(46)22-8-12-25(13-9-22)37-33(47)36-24-10-6-21(7-11-24)29-38-30(43-16-18-48-19-17-43)27-31(39-29)44(41-40-27)26-5-3-4-23(20-26)28(34)45/h3-13,20H,14-19H2,1-2H3,(H2,34,45)(H,35,46)(H2,36,37,47). The highest BCUT2D eigenvalue weighted by atomic mass is 16.5. The number of urea groups is 1. The molecule has 5 N–H and O–H groups in total. The zero-order chi connectivity index (χ0) is 33.6. The summed E-state index contributed by atoms with van der Waals surface area (Å²) in [7, 11) is 3.88. The Balaban J connectivity index is 1.19. The number of nitrogens with two attached hydrogens (primary N) is 1. The number of nitrogens with zero attached hydrogens (tertiary/aromatic N) is 7. The van der Waals surface area contributed by atoms with Crippen molar-refractivity contribution in [2.75, 3.05) is 69.0 Å². The molecular weight excluding hydrogens is 614 g/mol. The molecule has 15 heteroatoms. The van der Waals surface area contributed by atoms with Crippen LogP contribution in [-0.2, 0) is 4.74 Å². The monoisotopic (exact) mass is 649 g/mol. The van der Waals surface area contributed by atoms with Gasteiger partial charge in [0, 0.05) is 54.2 Å². The van der Waals surface area contributed by atoms with Gasteiger partial charge in [-0.15, -0.1) is 5.10 Å². The van der Waals surface area contributed by atoms with E-state index in [0.29, 0.717) is 89.4 Å². The van der Waals surface area contributed by atoms with Gasteiger partial charge in [-0.1, -0.05) is 11.3 Å².